The maximum Gasteiger partial charge on any atom is 0.243 e. The van der Waals surface area contributed by atoms with Crippen LogP contribution in [0.15, 0.2) is 28.7 Å². The lowest BCUT2D eigenvalue weighted by atomic mass is 10.2. The lowest BCUT2D eigenvalue weighted by Crippen LogP contribution is -2.20. The Kier molecular flexibility index (Phi) is 4.31. The Labute approximate surface area is 122 Å². The number of nitrogens with zero attached hydrogens (tertiary/aromatic N) is 2. The van der Waals surface area contributed by atoms with E-state index in [4.69, 9.17) is 11.6 Å². The quantitative estimate of drug-likeness (QED) is 0.865. The van der Waals surface area contributed by atoms with E-state index in [0.29, 0.717) is 5.13 Å². The summed E-state index contributed by atoms with van der Waals surface area (Å²) in [5.41, 5.74) is 0.954. The van der Waals surface area contributed by atoms with Crippen molar-refractivity contribution in [1.82, 2.24) is 10.2 Å². The molecule has 0 aliphatic rings. The van der Waals surface area contributed by atoms with Gasteiger partial charge >= 0.3 is 0 Å². The van der Waals surface area contributed by atoms with Crippen LogP contribution in [0.5, 0.6) is 0 Å². The van der Waals surface area contributed by atoms with Crippen LogP contribution < -0.4 is 5.32 Å². The Morgan fingerprint density at radius 2 is 2.06 bits per heavy atom. The molecule has 4 nitrogen and oxygen atoms in total. The largest absolute Gasteiger partial charge is 0.299 e. The second kappa shape index (κ2) is 5.77. The van der Waals surface area contributed by atoms with Crippen LogP contribution in [0.25, 0.3) is 10.6 Å². The molecule has 2 aromatic rings. The number of hydrogen-bond acceptors (Lipinski definition) is 4. The van der Waals surface area contributed by atoms with Crippen molar-refractivity contribution in [2.75, 3.05) is 5.32 Å². The van der Waals surface area contributed by atoms with Gasteiger partial charge in [-0.25, -0.2) is 0 Å². The lowest BCUT2D eigenvalue weighted by molar-refractivity contribution is -0.115. The molecule has 1 aromatic carbocycles. The fraction of sp³-hybridized carbons (Fsp3) is 0.182. The number of aromatic nitrogens is 2. The molecule has 18 heavy (non-hydrogen) atoms. The van der Waals surface area contributed by atoms with Gasteiger partial charge in [0.05, 0.1) is 0 Å². The normalized spacial score (nSPS) is 12.2. The number of nitrogens with one attached hydrogen (secondary N) is 1. The average Bonchev–Trinajstić information content (AvgIpc) is 2.78. The minimum absolute atomic E-state index is 0.282. The lowest BCUT2D eigenvalue weighted by Gasteiger charge is -2.00. The zero-order chi connectivity index (χ0) is 13.1. The molecule has 1 aromatic heterocycles. The number of amides is 1. The highest BCUT2D eigenvalue weighted by molar-refractivity contribution is 9.10. The molecule has 1 heterocycles. The predicted molar refractivity (Wildman–Crippen MR) is 77.0 cm³/mol. The zero-order valence-electron chi connectivity index (χ0n) is 9.35. The number of alkyl halides is 1. The van der Waals surface area contributed by atoms with Crippen LogP contribution in [0.2, 0.25) is 0 Å². The molecule has 94 valence electrons. The molecule has 1 unspecified atom stereocenters. The SMILES string of the molecule is CC(Cl)C(=O)Nc1nnc(-c2ccc(Br)cc2)s1. The van der Waals surface area contributed by atoms with Crippen LogP contribution in [0.4, 0.5) is 5.13 Å². The summed E-state index contributed by atoms with van der Waals surface area (Å²) in [6, 6.07) is 7.71. The van der Waals surface area contributed by atoms with Gasteiger partial charge in [-0.2, -0.15) is 0 Å². The van der Waals surface area contributed by atoms with E-state index in [0.717, 1.165) is 15.0 Å². The fourth-order valence-corrected chi connectivity index (χ4v) is 2.26. The highest BCUT2D eigenvalue weighted by Crippen LogP contribution is 2.27. The summed E-state index contributed by atoms with van der Waals surface area (Å²) < 4.78 is 1.00. The van der Waals surface area contributed by atoms with E-state index in [1.807, 2.05) is 24.3 Å². The molecular formula is C11H9BrClN3OS. The number of carbonyl (C=O) groups excluding carboxylic acids is 1. The van der Waals surface area contributed by atoms with Crippen LogP contribution in [0, 0.1) is 0 Å². The van der Waals surface area contributed by atoms with Crippen LogP contribution in [0.3, 0.4) is 0 Å². The van der Waals surface area contributed by atoms with Gasteiger partial charge in [0.25, 0.3) is 0 Å². The molecule has 0 bridgehead atoms. The first kappa shape index (κ1) is 13.5. The molecule has 0 spiro atoms. The molecule has 1 N–H and O–H groups in total. The van der Waals surface area contributed by atoms with Crippen LogP contribution in [0.1, 0.15) is 6.92 Å². The van der Waals surface area contributed by atoms with Gasteiger partial charge in [-0.1, -0.05) is 39.4 Å². The Balaban J connectivity index is 2.15. The minimum atomic E-state index is -0.593. The number of halogens is 2. The third-order valence-electron chi connectivity index (χ3n) is 2.11. The molecule has 0 radical (unpaired) electrons. The van der Waals surface area contributed by atoms with Crippen molar-refractivity contribution in [1.29, 1.82) is 0 Å². The topological polar surface area (TPSA) is 54.9 Å². The van der Waals surface area contributed by atoms with Gasteiger partial charge in [-0.15, -0.1) is 21.8 Å². The van der Waals surface area contributed by atoms with E-state index >= 15 is 0 Å². The van der Waals surface area contributed by atoms with E-state index in [9.17, 15) is 4.79 Å². The van der Waals surface area contributed by atoms with Crippen molar-refractivity contribution in [2.24, 2.45) is 0 Å². The fourth-order valence-electron chi connectivity index (χ4n) is 1.19. The van der Waals surface area contributed by atoms with E-state index in [1.165, 1.54) is 11.3 Å². The van der Waals surface area contributed by atoms with Gasteiger partial charge in [0, 0.05) is 10.0 Å². The maximum atomic E-state index is 11.4. The van der Waals surface area contributed by atoms with E-state index in [-0.39, 0.29) is 5.91 Å². The standard InChI is InChI=1S/C11H9BrClN3OS/c1-6(13)9(17)14-11-16-15-10(18-11)7-2-4-8(12)5-3-7/h2-6H,1H3,(H,14,16,17). The van der Waals surface area contributed by atoms with Crippen molar-refractivity contribution in [2.45, 2.75) is 12.3 Å². The van der Waals surface area contributed by atoms with Crippen molar-refractivity contribution in [3.8, 4) is 10.6 Å². The first-order chi connectivity index (χ1) is 8.56. The number of hydrogen-bond donors (Lipinski definition) is 1. The molecule has 0 saturated carbocycles. The third-order valence-corrected chi connectivity index (χ3v) is 3.72. The van der Waals surface area contributed by atoms with E-state index in [1.54, 1.807) is 6.92 Å². The number of benzene rings is 1. The number of anilines is 1. The van der Waals surface area contributed by atoms with Crippen molar-refractivity contribution in [3.05, 3.63) is 28.7 Å². The summed E-state index contributed by atoms with van der Waals surface area (Å²) in [5, 5.41) is 11.1. The summed E-state index contributed by atoms with van der Waals surface area (Å²) in [6.45, 7) is 1.60. The first-order valence-corrected chi connectivity index (χ1v) is 7.15. The summed E-state index contributed by atoms with van der Waals surface area (Å²) in [6.07, 6.45) is 0. The van der Waals surface area contributed by atoms with E-state index in [2.05, 4.69) is 31.4 Å². The predicted octanol–water partition coefficient (Wildman–Crippen LogP) is 3.53. The molecule has 0 aliphatic heterocycles. The van der Waals surface area contributed by atoms with Gasteiger partial charge in [-0.3, -0.25) is 10.1 Å². The maximum absolute atomic E-state index is 11.4. The van der Waals surface area contributed by atoms with Crippen molar-refractivity contribution >= 4 is 49.9 Å². The van der Waals surface area contributed by atoms with Gasteiger partial charge < -0.3 is 0 Å². The third kappa shape index (κ3) is 3.28. The molecule has 2 rings (SSSR count). The van der Waals surface area contributed by atoms with Crippen LogP contribution in [-0.2, 0) is 4.79 Å². The Morgan fingerprint density at radius 3 is 2.67 bits per heavy atom. The molecule has 1 atom stereocenters. The second-order valence-corrected chi connectivity index (χ2v) is 6.07. The number of rotatable bonds is 3. The van der Waals surface area contributed by atoms with Crippen molar-refractivity contribution < 1.29 is 4.79 Å². The molecule has 0 fully saturated rings. The Hall–Kier alpha value is -0.980. The summed E-state index contributed by atoms with van der Waals surface area (Å²) in [5.74, 6) is -0.282. The monoisotopic (exact) mass is 345 g/mol. The smallest absolute Gasteiger partial charge is 0.243 e. The van der Waals surface area contributed by atoms with Crippen molar-refractivity contribution in [3.63, 3.8) is 0 Å². The highest BCUT2D eigenvalue weighted by atomic mass is 79.9. The summed E-state index contributed by atoms with van der Waals surface area (Å²) in [4.78, 5) is 11.4. The van der Waals surface area contributed by atoms with Crippen LogP contribution >= 0.6 is 38.9 Å². The van der Waals surface area contributed by atoms with E-state index < -0.39 is 5.38 Å². The van der Waals surface area contributed by atoms with Crippen LogP contribution in [-0.4, -0.2) is 21.5 Å². The highest BCUT2D eigenvalue weighted by Gasteiger charge is 2.13. The molecule has 1 amide bonds. The second-order valence-electron chi connectivity index (χ2n) is 3.52. The molecular weight excluding hydrogens is 338 g/mol. The number of carbonyl (C=O) groups is 1. The minimum Gasteiger partial charge on any atom is -0.299 e. The van der Waals surface area contributed by atoms with Gasteiger partial charge in [0.15, 0.2) is 0 Å². The Bertz CT molecular complexity index is 556. The molecule has 7 heteroatoms. The first-order valence-electron chi connectivity index (χ1n) is 5.10. The van der Waals surface area contributed by atoms with Gasteiger partial charge in [0.2, 0.25) is 11.0 Å². The molecule has 0 aliphatic carbocycles. The Morgan fingerprint density at radius 1 is 1.39 bits per heavy atom. The van der Waals surface area contributed by atoms with Gasteiger partial charge in [0.1, 0.15) is 10.4 Å². The molecule has 0 saturated heterocycles. The van der Waals surface area contributed by atoms with Gasteiger partial charge in [-0.05, 0) is 19.1 Å². The summed E-state index contributed by atoms with van der Waals surface area (Å²) in [7, 11) is 0. The zero-order valence-corrected chi connectivity index (χ0v) is 12.5. The summed E-state index contributed by atoms with van der Waals surface area (Å²) >= 11 is 10.3. The average molecular weight is 347 g/mol.